The molecule has 92 valence electrons. The van der Waals surface area contributed by atoms with E-state index < -0.39 is 9.84 Å². The van der Waals surface area contributed by atoms with Crippen LogP contribution in [-0.2, 0) is 16.4 Å². The van der Waals surface area contributed by atoms with Gasteiger partial charge in [-0.05, 0) is 30.7 Å². The van der Waals surface area contributed by atoms with Crippen molar-refractivity contribution in [3.05, 3.63) is 29.6 Å². The Morgan fingerprint density at radius 1 is 1.53 bits per heavy atom. The zero-order valence-corrected chi connectivity index (χ0v) is 10.5. The molecule has 1 rings (SSSR count). The second-order valence-electron chi connectivity index (χ2n) is 3.82. The molecule has 0 saturated carbocycles. The van der Waals surface area contributed by atoms with E-state index >= 15 is 0 Å². The number of nitriles is 1. The molecule has 0 aliphatic carbocycles. The summed E-state index contributed by atoms with van der Waals surface area (Å²) in [5.74, 6) is 0.194. The highest BCUT2D eigenvalue weighted by atomic mass is 32.2. The van der Waals surface area contributed by atoms with Crippen molar-refractivity contribution in [1.29, 1.82) is 5.26 Å². The summed E-state index contributed by atoms with van der Waals surface area (Å²) < 4.78 is 21.8. The molecule has 5 nitrogen and oxygen atoms in total. The molecule has 0 bridgehead atoms. The minimum Gasteiger partial charge on any atom is -0.313 e. The number of hydrogen-bond acceptors (Lipinski definition) is 5. The van der Waals surface area contributed by atoms with Crippen LogP contribution in [0.1, 0.15) is 17.7 Å². The summed E-state index contributed by atoms with van der Waals surface area (Å²) in [6.07, 6.45) is 3.41. The highest BCUT2D eigenvalue weighted by Gasteiger charge is 2.01. The van der Waals surface area contributed by atoms with E-state index in [1.54, 1.807) is 12.3 Å². The third-order valence-corrected chi connectivity index (χ3v) is 3.17. The van der Waals surface area contributed by atoms with E-state index in [-0.39, 0.29) is 5.75 Å². The maximum absolute atomic E-state index is 10.9. The molecule has 0 radical (unpaired) electrons. The van der Waals surface area contributed by atoms with E-state index in [1.165, 1.54) is 6.26 Å². The predicted molar refractivity (Wildman–Crippen MR) is 65.0 cm³/mol. The number of pyridine rings is 1. The molecule has 0 unspecified atom stereocenters. The summed E-state index contributed by atoms with van der Waals surface area (Å²) in [4.78, 5) is 3.87. The molecule has 0 aliphatic rings. The first-order valence-corrected chi connectivity index (χ1v) is 7.31. The van der Waals surface area contributed by atoms with Crippen molar-refractivity contribution in [1.82, 2.24) is 10.3 Å². The normalized spacial score (nSPS) is 11.1. The molecule has 1 N–H and O–H groups in total. The fourth-order valence-corrected chi connectivity index (χ4v) is 2.01. The van der Waals surface area contributed by atoms with Gasteiger partial charge in [0, 0.05) is 19.0 Å². The van der Waals surface area contributed by atoms with Crippen LogP contribution in [0.2, 0.25) is 0 Å². The standard InChI is InChI=1S/C11H15N3O2S/c1-17(15,16)6-2-4-13-9-10-3-5-14-11(7-10)8-12/h3,5,7,13H,2,4,6,9H2,1H3. The van der Waals surface area contributed by atoms with Gasteiger partial charge < -0.3 is 5.32 Å². The molecule has 0 amide bonds. The van der Waals surface area contributed by atoms with Crippen molar-refractivity contribution in [2.75, 3.05) is 18.6 Å². The first-order valence-electron chi connectivity index (χ1n) is 5.25. The number of nitrogens with one attached hydrogen (secondary N) is 1. The Morgan fingerprint density at radius 2 is 2.29 bits per heavy atom. The topological polar surface area (TPSA) is 82.8 Å². The van der Waals surface area contributed by atoms with Gasteiger partial charge in [0.25, 0.3) is 0 Å². The maximum Gasteiger partial charge on any atom is 0.147 e. The van der Waals surface area contributed by atoms with Crippen LogP contribution in [0, 0.1) is 11.3 Å². The number of rotatable bonds is 6. The van der Waals surface area contributed by atoms with E-state index in [0.29, 0.717) is 25.2 Å². The summed E-state index contributed by atoms with van der Waals surface area (Å²) >= 11 is 0. The maximum atomic E-state index is 10.9. The highest BCUT2D eigenvalue weighted by molar-refractivity contribution is 7.90. The molecule has 0 saturated heterocycles. The van der Waals surface area contributed by atoms with E-state index in [2.05, 4.69) is 10.3 Å². The van der Waals surface area contributed by atoms with Crippen LogP contribution >= 0.6 is 0 Å². The number of nitrogens with zero attached hydrogens (tertiary/aromatic N) is 2. The third-order valence-electron chi connectivity index (χ3n) is 2.14. The Balaban J connectivity index is 2.29. The molecule has 1 aromatic rings. The van der Waals surface area contributed by atoms with Gasteiger partial charge in [0.2, 0.25) is 0 Å². The van der Waals surface area contributed by atoms with Gasteiger partial charge in [0.15, 0.2) is 0 Å². The second-order valence-corrected chi connectivity index (χ2v) is 6.08. The van der Waals surface area contributed by atoms with Crippen molar-refractivity contribution in [3.8, 4) is 6.07 Å². The molecule has 0 atom stereocenters. The van der Waals surface area contributed by atoms with E-state index in [9.17, 15) is 8.42 Å². The van der Waals surface area contributed by atoms with E-state index in [4.69, 9.17) is 5.26 Å². The minimum atomic E-state index is -2.87. The molecule has 0 spiro atoms. The lowest BCUT2D eigenvalue weighted by Gasteiger charge is -2.04. The Labute approximate surface area is 101 Å². The zero-order chi connectivity index (χ0) is 12.7. The van der Waals surface area contributed by atoms with Gasteiger partial charge in [-0.3, -0.25) is 0 Å². The second kappa shape index (κ2) is 6.33. The van der Waals surface area contributed by atoms with Crippen molar-refractivity contribution in [3.63, 3.8) is 0 Å². The monoisotopic (exact) mass is 253 g/mol. The summed E-state index contributed by atoms with van der Waals surface area (Å²) in [6, 6.07) is 5.51. The third kappa shape index (κ3) is 6.00. The molecular formula is C11H15N3O2S. The molecule has 1 aromatic heterocycles. The van der Waals surface area contributed by atoms with E-state index in [0.717, 1.165) is 5.56 Å². The van der Waals surface area contributed by atoms with Crippen LogP contribution in [-0.4, -0.2) is 32.0 Å². The lowest BCUT2D eigenvalue weighted by atomic mass is 10.2. The molecule has 0 aliphatic heterocycles. The van der Waals surface area contributed by atoms with Gasteiger partial charge in [0.05, 0.1) is 5.75 Å². The molecule has 1 heterocycles. The number of sulfone groups is 1. The van der Waals surface area contributed by atoms with Crippen LogP contribution in [0.3, 0.4) is 0 Å². The first kappa shape index (κ1) is 13.6. The Hall–Kier alpha value is -1.45. The van der Waals surface area contributed by atoms with Crippen molar-refractivity contribution in [2.45, 2.75) is 13.0 Å². The predicted octanol–water partition coefficient (Wildman–Crippen LogP) is 0.478. The van der Waals surface area contributed by atoms with Gasteiger partial charge in [-0.25, -0.2) is 13.4 Å². The molecular weight excluding hydrogens is 238 g/mol. The molecule has 6 heteroatoms. The first-order chi connectivity index (χ1) is 8.01. The summed E-state index contributed by atoms with van der Waals surface area (Å²) in [6.45, 7) is 1.25. The Morgan fingerprint density at radius 3 is 2.94 bits per heavy atom. The molecule has 0 aromatic carbocycles. The molecule has 0 fully saturated rings. The largest absolute Gasteiger partial charge is 0.313 e. The lowest BCUT2D eigenvalue weighted by Crippen LogP contribution is -2.17. The smallest absolute Gasteiger partial charge is 0.147 e. The van der Waals surface area contributed by atoms with Gasteiger partial charge in [-0.15, -0.1) is 0 Å². The van der Waals surface area contributed by atoms with Crippen LogP contribution in [0.5, 0.6) is 0 Å². The Kier molecular flexibility index (Phi) is 5.07. The lowest BCUT2D eigenvalue weighted by molar-refractivity contribution is 0.594. The van der Waals surface area contributed by atoms with Gasteiger partial charge in [-0.2, -0.15) is 5.26 Å². The number of aromatic nitrogens is 1. The summed E-state index contributed by atoms with van der Waals surface area (Å²) in [5, 5.41) is 11.8. The van der Waals surface area contributed by atoms with Gasteiger partial charge >= 0.3 is 0 Å². The van der Waals surface area contributed by atoms with Crippen LogP contribution in [0.15, 0.2) is 18.3 Å². The fourth-order valence-electron chi connectivity index (χ4n) is 1.34. The average molecular weight is 253 g/mol. The van der Waals surface area contributed by atoms with E-state index in [1.807, 2.05) is 12.1 Å². The molecule has 17 heavy (non-hydrogen) atoms. The number of hydrogen-bond donors (Lipinski definition) is 1. The van der Waals surface area contributed by atoms with Crippen molar-refractivity contribution in [2.24, 2.45) is 0 Å². The summed E-state index contributed by atoms with van der Waals surface area (Å²) in [5.41, 5.74) is 1.36. The van der Waals surface area contributed by atoms with Crippen LogP contribution < -0.4 is 5.32 Å². The van der Waals surface area contributed by atoms with Crippen molar-refractivity contribution < 1.29 is 8.42 Å². The van der Waals surface area contributed by atoms with Crippen LogP contribution in [0.25, 0.3) is 0 Å². The van der Waals surface area contributed by atoms with Gasteiger partial charge in [-0.1, -0.05) is 0 Å². The van der Waals surface area contributed by atoms with Crippen LogP contribution in [0.4, 0.5) is 0 Å². The minimum absolute atomic E-state index is 0.194. The Bertz CT molecular complexity index is 506. The summed E-state index contributed by atoms with van der Waals surface area (Å²) in [7, 11) is -2.87. The average Bonchev–Trinajstić information content (AvgIpc) is 2.27. The quantitative estimate of drug-likeness (QED) is 0.745. The highest BCUT2D eigenvalue weighted by Crippen LogP contribution is 2.00. The SMILES string of the molecule is CS(=O)(=O)CCCNCc1ccnc(C#N)c1. The zero-order valence-electron chi connectivity index (χ0n) is 9.68. The van der Waals surface area contributed by atoms with Gasteiger partial charge in [0.1, 0.15) is 21.6 Å². The fraction of sp³-hybridized carbons (Fsp3) is 0.455. The van der Waals surface area contributed by atoms with Crippen molar-refractivity contribution >= 4 is 9.84 Å².